The zero-order valence-corrected chi connectivity index (χ0v) is 20.1. The van der Waals surface area contributed by atoms with Crippen molar-refractivity contribution in [2.45, 2.75) is 37.8 Å². The van der Waals surface area contributed by atoms with Gasteiger partial charge in [0.05, 0.1) is 31.3 Å². The van der Waals surface area contributed by atoms with Gasteiger partial charge in [0.25, 0.3) is 5.91 Å². The summed E-state index contributed by atoms with van der Waals surface area (Å²) in [6.45, 7) is 7.70. The van der Waals surface area contributed by atoms with Crippen LogP contribution in [-0.4, -0.2) is 76.5 Å². The number of carbonyl (C=O) groups excluding carboxylic acids is 1. The first-order valence-corrected chi connectivity index (χ1v) is 12.5. The number of hydrogen-bond donors (Lipinski definition) is 1. The molecule has 10 nitrogen and oxygen atoms in total. The Labute approximate surface area is 202 Å². The molecule has 4 heterocycles. The van der Waals surface area contributed by atoms with Crippen molar-refractivity contribution in [3.05, 3.63) is 30.5 Å². The lowest BCUT2D eigenvalue weighted by Crippen LogP contribution is -2.49. The Morgan fingerprint density at radius 2 is 1.94 bits per heavy atom. The third-order valence-corrected chi connectivity index (χ3v) is 6.49. The van der Waals surface area contributed by atoms with Crippen molar-refractivity contribution < 1.29 is 19.0 Å². The molecule has 2 aliphatic rings. The van der Waals surface area contributed by atoms with Gasteiger partial charge >= 0.3 is 0 Å². The van der Waals surface area contributed by atoms with E-state index in [4.69, 9.17) is 24.2 Å². The van der Waals surface area contributed by atoms with Gasteiger partial charge in [0.15, 0.2) is 22.3 Å². The van der Waals surface area contributed by atoms with Crippen molar-refractivity contribution >= 4 is 34.5 Å². The summed E-state index contributed by atoms with van der Waals surface area (Å²) in [5.41, 5.74) is 0.765. The van der Waals surface area contributed by atoms with Crippen LogP contribution in [0.4, 0.5) is 5.82 Å². The van der Waals surface area contributed by atoms with E-state index in [1.54, 1.807) is 24.0 Å². The van der Waals surface area contributed by atoms with Gasteiger partial charge in [0, 0.05) is 19.6 Å². The predicted octanol–water partition coefficient (Wildman–Crippen LogP) is 2.12. The number of fused-ring (bicyclic) bond motifs is 2. The second-order valence-corrected chi connectivity index (χ2v) is 9.30. The van der Waals surface area contributed by atoms with Crippen LogP contribution in [0.1, 0.15) is 13.8 Å². The highest BCUT2D eigenvalue weighted by Gasteiger charge is 2.33. The van der Waals surface area contributed by atoms with Crippen LogP contribution in [-0.2, 0) is 16.1 Å². The van der Waals surface area contributed by atoms with E-state index in [1.807, 2.05) is 29.8 Å². The molecule has 34 heavy (non-hydrogen) atoms. The highest BCUT2D eigenvalue weighted by molar-refractivity contribution is 7.99. The second-order valence-electron chi connectivity index (χ2n) is 8.07. The molecule has 1 aromatic carbocycles. The fourth-order valence-electron chi connectivity index (χ4n) is 4.09. The van der Waals surface area contributed by atoms with Crippen molar-refractivity contribution in [3.8, 4) is 11.5 Å². The minimum atomic E-state index is -0.716. The SMILES string of the molecule is CCSc1nc(N2CCOCC2)c2cnn(CCNC(=O)C3Oc4ccccc4OC3C)c2n1. The third-order valence-electron chi connectivity index (χ3n) is 5.76. The maximum atomic E-state index is 12.8. The lowest BCUT2D eigenvalue weighted by atomic mass is 10.1. The quantitative estimate of drug-likeness (QED) is 0.399. The van der Waals surface area contributed by atoms with Crippen LogP contribution in [0.25, 0.3) is 11.0 Å². The number of nitrogens with zero attached hydrogens (tertiary/aromatic N) is 5. The molecule has 5 rings (SSSR count). The molecule has 1 amide bonds. The molecule has 2 unspecified atom stereocenters. The van der Waals surface area contributed by atoms with E-state index < -0.39 is 12.2 Å². The van der Waals surface area contributed by atoms with Crippen molar-refractivity contribution in [1.82, 2.24) is 25.1 Å². The first-order valence-electron chi connectivity index (χ1n) is 11.5. The summed E-state index contributed by atoms with van der Waals surface area (Å²) in [7, 11) is 0. The van der Waals surface area contributed by atoms with E-state index in [1.165, 1.54) is 0 Å². The Morgan fingerprint density at radius 1 is 1.18 bits per heavy atom. The molecule has 3 aromatic rings. The van der Waals surface area contributed by atoms with Crippen molar-refractivity contribution in [3.63, 3.8) is 0 Å². The molecule has 2 atom stereocenters. The Balaban J connectivity index is 1.28. The van der Waals surface area contributed by atoms with Crippen LogP contribution in [0.5, 0.6) is 11.5 Å². The minimum Gasteiger partial charge on any atom is -0.482 e. The summed E-state index contributed by atoms with van der Waals surface area (Å²) in [6.07, 6.45) is 0.698. The largest absolute Gasteiger partial charge is 0.482 e. The molecule has 0 saturated carbocycles. The van der Waals surface area contributed by atoms with Gasteiger partial charge in [-0.25, -0.2) is 14.6 Å². The van der Waals surface area contributed by atoms with E-state index in [-0.39, 0.29) is 5.91 Å². The van der Waals surface area contributed by atoms with Crippen molar-refractivity contribution in [1.29, 1.82) is 0 Å². The first-order chi connectivity index (χ1) is 16.6. The molecule has 0 spiro atoms. The van der Waals surface area contributed by atoms with Crippen LogP contribution in [0, 0.1) is 0 Å². The number of hydrogen-bond acceptors (Lipinski definition) is 9. The first kappa shape index (κ1) is 22.7. The van der Waals surface area contributed by atoms with Crippen LogP contribution in [0.3, 0.4) is 0 Å². The fourth-order valence-corrected chi connectivity index (χ4v) is 4.65. The van der Waals surface area contributed by atoms with Gasteiger partial charge in [0.1, 0.15) is 11.9 Å². The van der Waals surface area contributed by atoms with Crippen LogP contribution in [0.15, 0.2) is 35.6 Å². The van der Waals surface area contributed by atoms with E-state index in [9.17, 15) is 4.79 Å². The maximum absolute atomic E-state index is 12.8. The van der Waals surface area contributed by atoms with Gasteiger partial charge in [-0.2, -0.15) is 5.10 Å². The van der Waals surface area contributed by atoms with E-state index >= 15 is 0 Å². The van der Waals surface area contributed by atoms with Crippen LogP contribution in [0.2, 0.25) is 0 Å². The number of anilines is 1. The number of aromatic nitrogens is 4. The summed E-state index contributed by atoms with van der Waals surface area (Å²) in [5, 5.41) is 9.13. The molecular weight excluding hydrogens is 456 g/mol. The number of morpholine rings is 1. The molecule has 1 fully saturated rings. The molecule has 11 heteroatoms. The number of rotatable bonds is 7. The highest BCUT2D eigenvalue weighted by atomic mass is 32.2. The number of nitrogens with one attached hydrogen (secondary N) is 1. The highest BCUT2D eigenvalue weighted by Crippen LogP contribution is 2.33. The minimum absolute atomic E-state index is 0.218. The maximum Gasteiger partial charge on any atom is 0.265 e. The Bertz CT molecular complexity index is 1170. The molecule has 2 aromatic heterocycles. The number of ether oxygens (including phenoxy) is 3. The molecule has 0 radical (unpaired) electrons. The van der Waals surface area contributed by atoms with Crippen molar-refractivity contribution in [2.75, 3.05) is 43.5 Å². The predicted molar refractivity (Wildman–Crippen MR) is 129 cm³/mol. The number of para-hydroxylation sites is 2. The summed E-state index contributed by atoms with van der Waals surface area (Å²) >= 11 is 1.60. The zero-order valence-electron chi connectivity index (χ0n) is 19.3. The van der Waals surface area contributed by atoms with Gasteiger partial charge in [-0.1, -0.05) is 30.8 Å². The van der Waals surface area contributed by atoms with Gasteiger partial charge < -0.3 is 24.4 Å². The van der Waals surface area contributed by atoms with E-state index in [2.05, 4.69) is 22.2 Å². The third kappa shape index (κ3) is 4.62. The second kappa shape index (κ2) is 10.1. The van der Waals surface area contributed by atoms with E-state index in [0.717, 1.165) is 40.9 Å². The molecular formula is C23H28N6O4S. The number of benzene rings is 1. The number of carbonyl (C=O) groups is 1. The molecule has 0 bridgehead atoms. The van der Waals surface area contributed by atoms with E-state index in [0.29, 0.717) is 37.8 Å². The summed E-state index contributed by atoms with van der Waals surface area (Å²) in [5.74, 6) is 2.78. The van der Waals surface area contributed by atoms with Crippen LogP contribution < -0.4 is 19.7 Å². The molecule has 1 saturated heterocycles. The van der Waals surface area contributed by atoms with Crippen LogP contribution >= 0.6 is 11.8 Å². The fraction of sp³-hybridized carbons (Fsp3) is 0.478. The topological polar surface area (TPSA) is 104 Å². The Kier molecular flexibility index (Phi) is 6.73. The Morgan fingerprint density at radius 3 is 2.71 bits per heavy atom. The lowest BCUT2D eigenvalue weighted by molar-refractivity contribution is -0.133. The van der Waals surface area contributed by atoms with Gasteiger partial charge in [-0.15, -0.1) is 0 Å². The monoisotopic (exact) mass is 484 g/mol. The average Bonchev–Trinajstić information content (AvgIpc) is 3.26. The van der Waals surface area contributed by atoms with Crippen molar-refractivity contribution in [2.24, 2.45) is 0 Å². The van der Waals surface area contributed by atoms with Gasteiger partial charge in [-0.05, 0) is 24.8 Å². The van der Waals surface area contributed by atoms with Gasteiger partial charge in [0.2, 0.25) is 6.10 Å². The number of thioether (sulfide) groups is 1. The molecule has 1 N–H and O–H groups in total. The number of amides is 1. The average molecular weight is 485 g/mol. The molecule has 2 aliphatic heterocycles. The summed E-state index contributed by atoms with van der Waals surface area (Å²) in [6, 6.07) is 7.37. The molecule has 180 valence electrons. The summed E-state index contributed by atoms with van der Waals surface area (Å²) in [4.78, 5) is 24.6. The zero-order chi connectivity index (χ0) is 23.5. The van der Waals surface area contributed by atoms with Gasteiger partial charge in [-0.3, -0.25) is 4.79 Å². The summed E-state index contributed by atoms with van der Waals surface area (Å²) < 4.78 is 19.1. The lowest BCUT2D eigenvalue weighted by Gasteiger charge is -2.31. The molecule has 0 aliphatic carbocycles. The Hall–Kier alpha value is -3.05. The standard InChI is InChI=1S/C23H28N6O4S/c1-3-34-23-26-20(28-10-12-31-13-11-28)16-14-25-29(21(16)27-23)9-8-24-22(30)19-15(2)32-17-6-4-5-7-18(17)33-19/h4-7,14-15,19H,3,8-13H2,1-2H3,(H,24,30). The smallest absolute Gasteiger partial charge is 0.265 e. The normalized spacial score (nSPS) is 19.9.